The third-order valence-corrected chi connectivity index (χ3v) is 3.87. The van der Waals surface area contributed by atoms with Crippen LogP contribution in [0.3, 0.4) is 0 Å². The van der Waals surface area contributed by atoms with Gasteiger partial charge in [-0.25, -0.2) is 4.79 Å². The molecule has 0 aliphatic carbocycles. The fourth-order valence-electron chi connectivity index (χ4n) is 2.86. The maximum Gasteiger partial charge on any atom is 0.338 e. The number of ether oxygens (including phenoxy) is 2. The zero-order chi connectivity index (χ0) is 16.4. The minimum atomic E-state index is -0.846. The molecule has 0 aromatic heterocycles. The summed E-state index contributed by atoms with van der Waals surface area (Å²) in [5.41, 5.74) is 2.49. The van der Waals surface area contributed by atoms with Crippen LogP contribution in [0.2, 0.25) is 0 Å². The summed E-state index contributed by atoms with van der Waals surface area (Å²) in [6.45, 7) is 3.64. The summed E-state index contributed by atoms with van der Waals surface area (Å²) in [7, 11) is 0. The van der Waals surface area contributed by atoms with Crippen LogP contribution in [0.4, 0.5) is 0 Å². The second kappa shape index (κ2) is 6.42. The van der Waals surface area contributed by atoms with Crippen molar-refractivity contribution in [3.8, 4) is 5.75 Å². The van der Waals surface area contributed by atoms with Crippen molar-refractivity contribution in [2.24, 2.45) is 0 Å². The second-order valence-electron chi connectivity index (χ2n) is 5.98. The molecule has 0 saturated heterocycles. The number of fused-ring (bicyclic) bond motifs is 1. The van der Waals surface area contributed by atoms with E-state index in [1.807, 2.05) is 50.2 Å². The van der Waals surface area contributed by atoms with E-state index in [0.29, 0.717) is 17.7 Å². The predicted octanol–water partition coefficient (Wildman–Crippen LogP) is 3.48. The van der Waals surface area contributed by atoms with E-state index in [1.165, 1.54) is 0 Å². The van der Waals surface area contributed by atoms with E-state index < -0.39 is 6.29 Å². The number of carbonyl (C=O) groups is 1. The predicted molar refractivity (Wildman–Crippen MR) is 86.5 cm³/mol. The molecule has 0 radical (unpaired) electrons. The SMILES string of the molecule is CC(C)OC(=O)c1ccc2c(c1)[C@@H](c1ccccc1)C[C@H](O)O2. The van der Waals surface area contributed by atoms with E-state index in [0.717, 1.165) is 11.1 Å². The molecule has 2 aromatic carbocycles. The number of benzene rings is 2. The van der Waals surface area contributed by atoms with Crippen LogP contribution in [0.5, 0.6) is 5.75 Å². The van der Waals surface area contributed by atoms with Gasteiger partial charge in [-0.3, -0.25) is 0 Å². The summed E-state index contributed by atoms with van der Waals surface area (Å²) in [5, 5.41) is 9.97. The minimum absolute atomic E-state index is 0.0123. The van der Waals surface area contributed by atoms with Crippen molar-refractivity contribution in [1.82, 2.24) is 0 Å². The Bertz CT molecular complexity index is 694. The van der Waals surface area contributed by atoms with E-state index in [4.69, 9.17) is 9.47 Å². The lowest BCUT2D eigenvalue weighted by atomic mass is 9.85. The standard InChI is InChI=1S/C19H20O4/c1-12(2)22-19(21)14-8-9-17-16(10-14)15(11-18(20)23-17)13-6-4-3-5-7-13/h3-10,12,15,18,20H,11H2,1-2H3/t15-,18-/m1/s1. The van der Waals surface area contributed by atoms with Gasteiger partial charge in [0.05, 0.1) is 11.7 Å². The molecule has 0 spiro atoms. The highest BCUT2D eigenvalue weighted by molar-refractivity contribution is 5.90. The van der Waals surface area contributed by atoms with Crippen LogP contribution in [0, 0.1) is 0 Å². The number of hydrogen-bond acceptors (Lipinski definition) is 4. The molecule has 1 N–H and O–H groups in total. The molecule has 120 valence electrons. The van der Waals surface area contributed by atoms with Crippen LogP contribution >= 0.6 is 0 Å². The number of hydrogen-bond donors (Lipinski definition) is 1. The molecular formula is C19H20O4. The van der Waals surface area contributed by atoms with Gasteiger partial charge < -0.3 is 14.6 Å². The Morgan fingerprint density at radius 1 is 1.22 bits per heavy atom. The van der Waals surface area contributed by atoms with Gasteiger partial charge >= 0.3 is 5.97 Å². The van der Waals surface area contributed by atoms with E-state index in [9.17, 15) is 9.90 Å². The number of esters is 1. The summed E-state index contributed by atoms with van der Waals surface area (Å²) < 4.78 is 10.8. The van der Waals surface area contributed by atoms with Gasteiger partial charge in [0.1, 0.15) is 5.75 Å². The lowest BCUT2D eigenvalue weighted by Gasteiger charge is -2.30. The summed E-state index contributed by atoms with van der Waals surface area (Å²) in [4.78, 5) is 12.1. The van der Waals surface area contributed by atoms with E-state index in [-0.39, 0.29) is 18.0 Å². The van der Waals surface area contributed by atoms with Crippen LogP contribution in [0.25, 0.3) is 0 Å². The zero-order valence-electron chi connectivity index (χ0n) is 13.2. The lowest BCUT2D eigenvalue weighted by Crippen LogP contribution is -2.26. The summed E-state index contributed by atoms with van der Waals surface area (Å²) in [6.07, 6.45) is -0.553. The Balaban J connectivity index is 1.99. The maximum atomic E-state index is 12.1. The Morgan fingerprint density at radius 3 is 2.65 bits per heavy atom. The van der Waals surface area contributed by atoms with Crippen molar-refractivity contribution in [2.45, 2.75) is 38.6 Å². The molecule has 0 fully saturated rings. The first-order chi connectivity index (χ1) is 11.0. The second-order valence-corrected chi connectivity index (χ2v) is 5.98. The largest absolute Gasteiger partial charge is 0.465 e. The van der Waals surface area contributed by atoms with Gasteiger partial charge in [-0.15, -0.1) is 0 Å². The smallest absolute Gasteiger partial charge is 0.338 e. The van der Waals surface area contributed by atoms with Gasteiger partial charge in [0.2, 0.25) is 0 Å². The van der Waals surface area contributed by atoms with Crippen LogP contribution in [-0.4, -0.2) is 23.5 Å². The normalized spacial score (nSPS) is 19.8. The summed E-state index contributed by atoms with van der Waals surface area (Å²) >= 11 is 0. The molecule has 3 rings (SSSR count). The van der Waals surface area contributed by atoms with Gasteiger partial charge in [-0.05, 0) is 37.6 Å². The maximum absolute atomic E-state index is 12.1. The van der Waals surface area contributed by atoms with Crippen LogP contribution in [0.1, 0.15) is 47.7 Å². The number of rotatable bonds is 3. The molecule has 0 unspecified atom stereocenters. The Labute approximate surface area is 135 Å². The average molecular weight is 312 g/mol. The third-order valence-electron chi connectivity index (χ3n) is 3.87. The van der Waals surface area contributed by atoms with E-state index >= 15 is 0 Å². The lowest BCUT2D eigenvalue weighted by molar-refractivity contribution is -0.0359. The molecule has 0 bridgehead atoms. The highest BCUT2D eigenvalue weighted by atomic mass is 16.6. The molecule has 23 heavy (non-hydrogen) atoms. The van der Waals surface area contributed by atoms with Crippen LogP contribution in [-0.2, 0) is 4.74 Å². The first kappa shape index (κ1) is 15.6. The van der Waals surface area contributed by atoms with E-state index in [2.05, 4.69) is 0 Å². The van der Waals surface area contributed by atoms with Crippen molar-refractivity contribution in [1.29, 1.82) is 0 Å². The molecule has 0 saturated carbocycles. The quantitative estimate of drug-likeness (QED) is 0.882. The average Bonchev–Trinajstić information content (AvgIpc) is 2.53. The molecule has 1 aliphatic heterocycles. The Kier molecular flexibility index (Phi) is 4.35. The van der Waals surface area contributed by atoms with Crippen molar-refractivity contribution in [3.05, 3.63) is 65.2 Å². The highest BCUT2D eigenvalue weighted by Crippen LogP contribution is 2.40. The molecule has 2 atom stereocenters. The summed E-state index contributed by atoms with van der Waals surface area (Å²) in [6, 6.07) is 15.1. The van der Waals surface area contributed by atoms with Gasteiger partial charge in [0, 0.05) is 17.9 Å². The van der Waals surface area contributed by atoms with Gasteiger partial charge in [-0.1, -0.05) is 30.3 Å². The Morgan fingerprint density at radius 2 is 1.96 bits per heavy atom. The third kappa shape index (κ3) is 3.37. The van der Waals surface area contributed by atoms with Crippen LogP contribution in [0.15, 0.2) is 48.5 Å². The molecular weight excluding hydrogens is 292 g/mol. The fourth-order valence-corrected chi connectivity index (χ4v) is 2.86. The van der Waals surface area contributed by atoms with Crippen molar-refractivity contribution in [2.75, 3.05) is 0 Å². The number of carbonyl (C=O) groups excluding carboxylic acids is 1. The molecule has 2 aromatic rings. The van der Waals surface area contributed by atoms with Crippen molar-refractivity contribution in [3.63, 3.8) is 0 Å². The number of aliphatic hydroxyl groups excluding tert-OH is 1. The molecule has 1 heterocycles. The number of aliphatic hydroxyl groups is 1. The van der Waals surface area contributed by atoms with Crippen LogP contribution < -0.4 is 4.74 Å². The van der Waals surface area contributed by atoms with Gasteiger partial charge in [0.25, 0.3) is 0 Å². The molecule has 1 aliphatic rings. The first-order valence-electron chi connectivity index (χ1n) is 7.79. The molecule has 4 nitrogen and oxygen atoms in total. The van der Waals surface area contributed by atoms with Gasteiger partial charge in [0.15, 0.2) is 6.29 Å². The minimum Gasteiger partial charge on any atom is -0.465 e. The van der Waals surface area contributed by atoms with Crippen molar-refractivity contribution >= 4 is 5.97 Å². The monoisotopic (exact) mass is 312 g/mol. The molecule has 4 heteroatoms. The highest BCUT2D eigenvalue weighted by Gasteiger charge is 2.29. The Hall–Kier alpha value is -2.33. The van der Waals surface area contributed by atoms with E-state index in [1.54, 1.807) is 12.1 Å². The van der Waals surface area contributed by atoms with Gasteiger partial charge in [-0.2, -0.15) is 0 Å². The van der Waals surface area contributed by atoms with Crippen molar-refractivity contribution < 1.29 is 19.4 Å². The summed E-state index contributed by atoms with van der Waals surface area (Å²) in [5.74, 6) is 0.251. The first-order valence-corrected chi connectivity index (χ1v) is 7.79. The fraction of sp³-hybridized carbons (Fsp3) is 0.316. The molecule has 0 amide bonds. The topological polar surface area (TPSA) is 55.8 Å². The zero-order valence-corrected chi connectivity index (χ0v) is 13.2.